The van der Waals surface area contributed by atoms with Crippen LogP contribution in [0.4, 0.5) is 0 Å². The van der Waals surface area contributed by atoms with Crippen LogP contribution in [0.5, 0.6) is 11.5 Å². The van der Waals surface area contributed by atoms with Crippen LogP contribution in [-0.4, -0.2) is 71.3 Å². The van der Waals surface area contributed by atoms with Crippen molar-refractivity contribution in [1.82, 2.24) is 20.1 Å². The summed E-state index contributed by atoms with van der Waals surface area (Å²) in [4.78, 5) is 46.4. The molecule has 204 valence electrons. The maximum absolute atomic E-state index is 13.1. The molecule has 1 N–H and O–H groups in total. The molecule has 2 atom stereocenters. The number of likely N-dealkylation sites (tertiary alicyclic amines) is 1. The summed E-state index contributed by atoms with van der Waals surface area (Å²) in [5.41, 5.74) is 2.33. The number of rotatable bonds is 1. The number of thiazole rings is 1. The van der Waals surface area contributed by atoms with Gasteiger partial charge in [-0.2, -0.15) is 0 Å². The molecular formula is C29H32N4O5S. The fourth-order valence-corrected chi connectivity index (χ4v) is 5.46. The molecule has 0 radical (unpaired) electrons. The van der Waals surface area contributed by atoms with Crippen LogP contribution >= 0.6 is 11.3 Å². The molecule has 3 aromatic rings. The molecule has 9 nitrogen and oxygen atoms in total. The fourth-order valence-electron chi connectivity index (χ4n) is 4.88. The third kappa shape index (κ3) is 6.82. The summed E-state index contributed by atoms with van der Waals surface area (Å²) in [6.45, 7) is 2.89. The molecule has 2 aliphatic rings. The number of amides is 3. The first-order chi connectivity index (χ1) is 18.8. The zero-order chi connectivity index (χ0) is 27.4. The number of aromatic nitrogens is 1. The Hall–Kier alpha value is -3.76. The van der Waals surface area contributed by atoms with Crippen LogP contribution in [0.3, 0.4) is 0 Å². The Balaban J connectivity index is 1.37. The summed E-state index contributed by atoms with van der Waals surface area (Å²) in [5, 5.41) is 5.62. The lowest BCUT2D eigenvalue weighted by molar-refractivity contribution is -0.135. The van der Waals surface area contributed by atoms with E-state index in [0.29, 0.717) is 49.7 Å². The van der Waals surface area contributed by atoms with Gasteiger partial charge < -0.3 is 24.6 Å². The Morgan fingerprint density at radius 1 is 1.08 bits per heavy atom. The summed E-state index contributed by atoms with van der Waals surface area (Å²) in [6, 6.07) is 15.0. The average molecular weight is 549 g/mol. The van der Waals surface area contributed by atoms with E-state index < -0.39 is 6.04 Å². The maximum atomic E-state index is 13.1. The van der Waals surface area contributed by atoms with Crippen LogP contribution in [0.15, 0.2) is 53.9 Å². The highest BCUT2D eigenvalue weighted by atomic mass is 32.1. The molecule has 5 rings (SSSR count). The molecule has 0 spiro atoms. The van der Waals surface area contributed by atoms with Crippen molar-refractivity contribution in [2.75, 3.05) is 26.7 Å². The second-order valence-electron chi connectivity index (χ2n) is 9.96. The highest BCUT2D eigenvalue weighted by Gasteiger charge is 2.34. The molecule has 3 heterocycles. The van der Waals surface area contributed by atoms with Crippen LogP contribution in [0.1, 0.15) is 39.5 Å². The largest absolute Gasteiger partial charge is 0.457 e. The van der Waals surface area contributed by atoms with Gasteiger partial charge in [-0.05, 0) is 55.2 Å². The van der Waals surface area contributed by atoms with Crippen molar-refractivity contribution in [2.45, 2.75) is 44.9 Å². The molecule has 39 heavy (non-hydrogen) atoms. The normalized spacial score (nSPS) is 20.8. The number of nitrogens with zero attached hydrogens (tertiary/aromatic N) is 3. The quantitative estimate of drug-likeness (QED) is 0.499. The number of carbonyl (C=O) groups is 3. The number of benzene rings is 2. The van der Waals surface area contributed by atoms with Gasteiger partial charge >= 0.3 is 0 Å². The van der Waals surface area contributed by atoms with E-state index >= 15 is 0 Å². The van der Waals surface area contributed by atoms with Gasteiger partial charge in [-0.15, -0.1) is 11.3 Å². The third-order valence-corrected chi connectivity index (χ3v) is 7.73. The number of likely N-dealkylation sites (N-methyl/N-ethyl adjacent to an activating group) is 1. The molecule has 1 fully saturated rings. The SMILES string of the molecule is Cc1nc(C(=O)N2CC[C@@H]3OCc4cccc(c4)Oc4cccc(c4)CCC(=O)N(C)CC(=O)N[C@@H]3C2)cs1. The van der Waals surface area contributed by atoms with Crippen LogP contribution in [0.25, 0.3) is 0 Å². The van der Waals surface area contributed by atoms with E-state index in [2.05, 4.69) is 10.3 Å². The second kappa shape index (κ2) is 12.0. The molecule has 4 bridgehead atoms. The lowest BCUT2D eigenvalue weighted by Crippen LogP contribution is -2.58. The minimum Gasteiger partial charge on any atom is -0.457 e. The predicted molar refractivity (Wildman–Crippen MR) is 147 cm³/mol. The van der Waals surface area contributed by atoms with Crippen molar-refractivity contribution >= 4 is 29.1 Å². The molecule has 1 aromatic heterocycles. The topological polar surface area (TPSA) is 101 Å². The Bertz CT molecular complexity index is 1360. The Morgan fingerprint density at radius 2 is 1.82 bits per heavy atom. The molecule has 2 aliphatic heterocycles. The van der Waals surface area contributed by atoms with Gasteiger partial charge in [0, 0.05) is 31.9 Å². The minimum atomic E-state index is -0.434. The second-order valence-corrected chi connectivity index (χ2v) is 11.0. The monoisotopic (exact) mass is 548 g/mol. The van der Waals surface area contributed by atoms with Crippen LogP contribution in [0.2, 0.25) is 0 Å². The first-order valence-corrected chi connectivity index (χ1v) is 13.9. The van der Waals surface area contributed by atoms with Crippen LogP contribution < -0.4 is 10.1 Å². The zero-order valence-electron chi connectivity index (χ0n) is 22.1. The number of piperidine rings is 1. The van der Waals surface area contributed by atoms with E-state index in [4.69, 9.17) is 9.47 Å². The Kier molecular flexibility index (Phi) is 8.23. The smallest absolute Gasteiger partial charge is 0.273 e. The summed E-state index contributed by atoms with van der Waals surface area (Å²) in [5.74, 6) is 0.805. The van der Waals surface area contributed by atoms with Crippen molar-refractivity contribution in [2.24, 2.45) is 0 Å². The van der Waals surface area contributed by atoms with Crippen molar-refractivity contribution < 1.29 is 23.9 Å². The molecular weight excluding hydrogens is 516 g/mol. The highest BCUT2D eigenvalue weighted by Crippen LogP contribution is 2.25. The number of hydrogen-bond acceptors (Lipinski definition) is 7. The molecule has 0 unspecified atom stereocenters. The molecule has 0 saturated carbocycles. The van der Waals surface area contributed by atoms with E-state index in [9.17, 15) is 14.4 Å². The Labute approximate surface area is 231 Å². The summed E-state index contributed by atoms with van der Waals surface area (Å²) < 4.78 is 12.4. The van der Waals surface area contributed by atoms with Gasteiger partial charge in [0.05, 0.1) is 30.3 Å². The van der Waals surface area contributed by atoms with Gasteiger partial charge in [0.1, 0.15) is 17.2 Å². The number of aryl methyl sites for hydroxylation is 2. The first-order valence-electron chi connectivity index (χ1n) is 13.1. The summed E-state index contributed by atoms with van der Waals surface area (Å²) >= 11 is 1.43. The zero-order valence-corrected chi connectivity index (χ0v) is 22.9. The van der Waals surface area contributed by atoms with Gasteiger partial charge in [0.2, 0.25) is 11.8 Å². The van der Waals surface area contributed by atoms with E-state index in [1.807, 2.05) is 55.5 Å². The maximum Gasteiger partial charge on any atom is 0.273 e. The standard InChI is InChI=1S/C29H32N4O5S/c1-19-30-25(18-39-19)29(36)33-12-11-26-24(15-33)31-27(34)16-32(2)28(35)10-9-20-5-3-7-22(13-20)38-23-8-4-6-21(14-23)17-37-26/h3-8,13-14,18,24,26H,9-12,15-17H2,1-2H3,(H,31,34)/t24-,26+/m1/s1. The van der Waals surface area contributed by atoms with Crippen LogP contribution in [0, 0.1) is 6.92 Å². The van der Waals surface area contributed by atoms with Crippen molar-refractivity contribution in [3.8, 4) is 11.5 Å². The van der Waals surface area contributed by atoms with E-state index in [1.54, 1.807) is 17.3 Å². The number of fused-ring (bicyclic) bond motifs is 5. The van der Waals surface area contributed by atoms with Crippen molar-refractivity contribution in [1.29, 1.82) is 0 Å². The van der Waals surface area contributed by atoms with Crippen molar-refractivity contribution in [3.05, 3.63) is 75.7 Å². The van der Waals surface area contributed by atoms with Gasteiger partial charge in [-0.25, -0.2) is 4.98 Å². The van der Waals surface area contributed by atoms with Gasteiger partial charge in [-0.3, -0.25) is 14.4 Å². The highest BCUT2D eigenvalue weighted by molar-refractivity contribution is 7.09. The third-order valence-electron chi connectivity index (χ3n) is 6.95. The summed E-state index contributed by atoms with van der Waals surface area (Å²) in [6.07, 6.45) is 1.05. The lowest BCUT2D eigenvalue weighted by Gasteiger charge is -2.38. The molecule has 3 amide bonds. The van der Waals surface area contributed by atoms with E-state index in [1.165, 1.54) is 16.2 Å². The van der Waals surface area contributed by atoms with Crippen molar-refractivity contribution in [3.63, 3.8) is 0 Å². The number of carbonyl (C=O) groups excluding carboxylic acids is 3. The van der Waals surface area contributed by atoms with E-state index in [-0.39, 0.29) is 36.8 Å². The molecule has 2 aromatic carbocycles. The molecule has 0 aliphatic carbocycles. The van der Waals surface area contributed by atoms with Gasteiger partial charge in [0.15, 0.2) is 0 Å². The van der Waals surface area contributed by atoms with Crippen LogP contribution in [-0.2, 0) is 27.4 Å². The van der Waals surface area contributed by atoms with Gasteiger partial charge in [-0.1, -0.05) is 24.3 Å². The van der Waals surface area contributed by atoms with E-state index in [0.717, 1.165) is 16.1 Å². The Morgan fingerprint density at radius 3 is 2.56 bits per heavy atom. The average Bonchev–Trinajstić information content (AvgIpc) is 3.36. The predicted octanol–water partition coefficient (Wildman–Crippen LogP) is 3.56. The number of ether oxygens (including phenoxy) is 2. The number of nitrogens with one attached hydrogen (secondary N) is 1. The first kappa shape index (κ1) is 26.8. The lowest BCUT2D eigenvalue weighted by atomic mass is 10.0. The number of hydrogen-bond donors (Lipinski definition) is 1. The molecule has 1 saturated heterocycles. The molecule has 10 heteroatoms. The minimum absolute atomic E-state index is 0.0769. The summed E-state index contributed by atoms with van der Waals surface area (Å²) in [7, 11) is 1.63. The fraction of sp³-hybridized carbons (Fsp3) is 0.379. The van der Waals surface area contributed by atoms with Gasteiger partial charge in [0.25, 0.3) is 5.91 Å².